The lowest BCUT2D eigenvalue weighted by Gasteiger charge is -2.15. The van der Waals surface area contributed by atoms with Gasteiger partial charge in [0.15, 0.2) is 0 Å². The van der Waals surface area contributed by atoms with Gasteiger partial charge in [-0.1, -0.05) is 0 Å². The van der Waals surface area contributed by atoms with Crippen molar-refractivity contribution in [3.05, 3.63) is 0 Å². The average Bonchev–Trinajstić information content (AvgIpc) is 2.66. The molecule has 0 aromatic carbocycles. The Bertz CT molecular complexity index is 223. The van der Waals surface area contributed by atoms with Gasteiger partial charge in [-0.25, -0.2) is 0 Å². The van der Waals surface area contributed by atoms with Crippen molar-refractivity contribution in [3.8, 4) is 0 Å². The summed E-state index contributed by atoms with van der Waals surface area (Å²) in [5.74, 6) is -1.44. The third kappa shape index (κ3) is 3.64. The van der Waals surface area contributed by atoms with Crippen molar-refractivity contribution in [3.63, 3.8) is 0 Å². The van der Waals surface area contributed by atoms with Crippen LogP contribution in [0.4, 0.5) is 0 Å². The Kier molecular flexibility index (Phi) is 7.08. The van der Waals surface area contributed by atoms with Crippen molar-refractivity contribution >= 4 is 24.3 Å². The molecule has 0 aromatic heterocycles. The second-order valence-corrected chi connectivity index (χ2v) is 3.38. The topological polar surface area (TPSA) is 64.6 Å². The van der Waals surface area contributed by atoms with Crippen LogP contribution in [0.2, 0.25) is 0 Å². The van der Waals surface area contributed by atoms with E-state index in [-0.39, 0.29) is 24.3 Å². The molecule has 1 rings (SSSR count). The van der Waals surface area contributed by atoms with Crippen molar-refractivity contribution in [2.75, 3.05) is 26.3 Å². The van der Waals surface area contributed by atoms with E-state index < -0.39 is 11.8 Å². The first-order valence-electron chi connectivity index (χ1n) is 5.24. The molecule has 1 aliphatic rings. The first kappa shape index (κ1) is 15.2. The van der Waals surface area contributed by atoms with Crippen LogP contribution in [0.25, 0.3) is 0 Å². The number of ether oxygens (including phenoxy) is 2. The number of carbonyl (C=O) groups is 2. The van der Waals surface area contributed by atoms with E-state index in [9.17, 15) is 9.59 Å². The largest absolute Gasteiger partial charge is 0.466 e. The van der Waals surface area contributed by atoms with E-state index in [1.807, 2.05) is 0 Å². The molecule has 0 aromatic rings. The lowest BCUT2D eigenvalue weighted by Crippen LogP contribution is -2.31. The minimum atomic E-state index is -0.399. The number of halogens is 1. The molecular weight excluding hydrogens is 234 g/mol. The highest BCUT2D eigenvalue weighted by Gasteiger charge is 2.39. The summed E-state index contributed by atoms with van der Waals surface area (Å²) in [7, 11) is 0. The highest BCUT2D eigenvalue weighted by molar-refractivity contribution is 5.85. The molecule has 0 amide bonds. The summed E-state index contributed by atoms with van der Waals surface area (Å²) in [4.78, 5) is 23.0. The molecule has 0 aliphatic carbocycles. The van der Waals surface area contributed by atoms with Gasteiger partial charge < -0.3 is 14.8 Å². The van der Waals surface area contributed by atoms with Gasteiger partial charge in [0.2, 0.25) is 0 Å². The zero-order chi connectivity index (χ0) is 11.3. The summed E-state index contributed by atoms with van der Waals surface area (Å²) >= 11 is 0. The molecule has 1 heterocycles. The molecule has 1 fully saturated rings. The Morgan fingerprint density at radius 3 is 1.75 bits per heavy atom. The summed E-state index contributed by atoms with van der Waals surface area (Å²) in [5.41, 5.74) is 0. The smallest absolute Gasteiger partial charge is 0.311 e. The lowest BCUT2D eigenvalue weighted by molar-refractivity contribution is -0.157. The molecule has 0 saturated carbocycles. The standard InChI is InChI=1S/C10H17NO4.ClH/c1-3-14-9(12)7-5-11-6-8(7)10(13)15-4-2;/h7-8,11H,3-6H2,1-2H3;1H. The molecule has 16 heavy (non-hydrogen) atoms. The maximum atomic E-state index is 11.5. The molecule has 1 saturated heterocycles. The van der Waals surface area contributed by atoms with Crippen molar-refractivity contribution in [2.24, 2.45) is 11.8 Å². The van der Waals surface area contributed by atoms with Crippen LogP contribution in [-0.4, -0.2) is 38.2 Å². The van der Waals surface area contributed by atoms with Gasteiger partial charge in [-0.2, -0.15) is 0 Å². The zero-order valence-electron chi connectivity index (χ0n) is 9.52. The van der Waals surface area contributed by atoms with Gasteiger partial charge in [0.1, 0.15) is 0 Å². The predicted molar refractivity (Wildman–Crippen MR) is 60.4 cm³/mol. The quantitative estimate of drug-likeness (QED) is 0.732. The lowest BCUT2D eigenvalue weighted by atomic mass is 9.96. The third-order valence-corrected chi connectivity index (χ3v) is 2.39. The van der Waals surface area contributed by atoms with Gasteiger partial charge in [0, 0.05) is 13.1 Å². The molecule has 2 unspecified atom stereocenters. The molecule has 1 N–H and O–H groups in total. The number of hydrogen-bond donors (Lipinski definition) is 1. The molecule has 94 valence electrons. The zero-order valence-corrected chi connectivity index (χ0v) is 10.3. The minimum absolute atomic E-state index is 0. The highest BCUT2D eigenvalue weighted by Crippen LogP contribution is 2.19. The fourth-order valence-electron chi connectivity index (χ4n) is 1.67. The van der Waals surface area contributed by atoms with Gasteiger partial charge in [-0.15, -0.1) is 12.4 Å². The predicted octanol–water partition coefficient (Wildman–Crippen LogP) is 0.370. The van der Waals surface area contributed by atoms with E-state index in [0.717, 1.165) is 0 Å². The summed E-state index contributed by atoms with van der Waals surface area (Å²) in [6.07, 6.45) is 0. The van der Waals surface area contributed by atoms with Gasteiger partial charge in [-0.3, -0.25) is 9.59 Å². The van der Waals surface area contributed by atoms with Gasteiger partial charge in [-0.05, 0) is 13.8 Å². The van der Waals surface area contributed by atoms with Crippen LogP contribution in [0.15, 0.2) is 0 Å². The molecule has 0 bridgehead atoms. The first-order valence-corrected chi connectivity index (χ1v) is 5.24. The Balaban J connectivity index is 0.00000225. The first-order chi connectivity index (χ1) is 7.20. The fourth-order valence-corrected chi connectivity index (χ4v) is 1.67. The summed E-state index contributed by atoms with van der Waals surface area (Å²) in [6, 6.07) is 0. The van der Waals surface area contributed by atoms with Crippen LogP contribution in [0, 0.1) is 11.8 Å². The maximum Gasteiger partial charge on any atom is 0.311 e. The highest BCUT2D eigenvalue weighted by atomic mass is 35.5. The molecule has 0 radical (unpaired) electrons. The summed E-state index contributed by atoms with van der Waals surface area (Å²) < 4.78 is 9.80. The monoisotopic (exact) mass is 251 g/mol. The van der Waals surface area contributed by atoms with Crippen molar-refractivity contribution in [1.29, 1.82) is 0 Å². The third-order valence-electron chi connectivity index (χ3n) is 2.39. The van der Waals surface area contributed by atoms with Crippen LogP contribution in [0.1, 0.15) is 13.8 Å². The molecule has 2 atom stereocenters. The van der Waals surface area contributed by atoms with E-state index in [4.69, 9.17) is 9.47 Å². The average molecular weight is 252 g/mol. The SMILES string of the molecule is CCOC(=O)C1CNCC1C(=O)OCC.Cl. The van der Waals surface area contributed by atoms with E-state index >= 15 is 0 Å². The maximum absolute atomic E-state index is 11.5. The Hall–Kier alpha value is -0.810. The van der Waals surface area contributed by atoms with Gasteiger partial charge in [0.05, 0.1) is 25.0 Å². The molecule has 1 aliphatic heterocycles. The number of rotatable bonds is 4. The minimum Gasteiger partial charge on any atom is -0.466 e. The van der Waals surface area contributed by atoms with Crippen LogP contribution in [0.5, 0.6) is 0 Å². The Morgan fingerprint density at radius 2 is 1.44 bits per heavy atom. The Morgan fingerprint density at radius 1 is 1.06 bits per heavy atom. The normalized spacial score (nSPS) is 23.4. The van der Waals surface area contributed by atoms with Crippen LogP contribution in [-0.2, 0) is 19.1 Å². The Labute approximate surface area is 101 Å². The summed E-state index contributed by atoms with van der Waals surface area (Å²) in [6.45, 7) is 5.15. The molecule has 6 heteroatoms. The summed E-state index contributed by atoms with van der Waals surface area (Å²) in [5, 5.41) is 3.00. The van der Waals surface area contributed by atoms with E-state index in [1.54, 1.807) is 13.8 Å². The van der Waals surface area contributed by atoms with Gasteiger partial charge >= 0.3 is 11.9 Å². The van der Waals surface area contributed by atoms with Crippen molar-refractivity contribution in [1.82, 2.24) is 5.32 Å². The van der Waals surface area contributed by atoms with E-state index in [2.05, 4.69) is 5.32 Å². The molecule has 5 nitrogen and oxygen atoms in total. The van der Waals surface area contributed by atoms with Gasteiger partial charge in [0.25, 0.3) is 0 Å². The van der Waals surface area contributed by atoms with Crippen molar-refractivity contribution < 1.29 is 19.1 Å². The number of carbonyl (C=O) groups excluding carboxylic acids is 2. The van der Waals surface area contributed by atoms with Crippen LogP contribution in [0.3, 0.4) is 0 Å². The number of hydrogen-bond acceptors (Lipinski definition) is 5. The number of esters is 2. The molecule has 0 spiro atoms. The van der Waals surface area contributed by atoms with Crippen molar-refractivity contribution in [2.45, 2.75) is 13.8 Å². The van der Waals surface area contributed by atoms with Crippen LogP contribution < -0.4 is 5.32 Å². The fraction of sp³-hybridized carbons (Fsp3) is 0.800. The number of nitrogens with one attached hydrogen (secondary N) is 1. The van der Waals surface area contributed by atoms with E-state index in [1.165, 1.54) is 0 Å². The van der Waals surface area contributed by atoms with E-state index in [0.29, 0.717) is 26.3 Å². The second kappa shape index (κ2) is 7.46. The van der Waals surface area contributed by atoms with Crippen LogP contribution >= 0.6 is 12.4 Å². The molecular formula is C10H18ClNO4. The second-order valence-electron chi connectivity index (χ2n) is 3.38.